The standard InChI is InChI=1S/C17H24INO2/c1-19-16(14-4-2-3-5-15(14)18)13-6-9-21-17(12-13)7-10-20-11-8-17/h2-5,13,16,19H,6-12H2,1H3. The lowest BCUT2D eigenvalue weighted by Crippen LogP contribution is -2.46. The third kappa shape index (κ3) is 3.44. The topological polar surface area (TPSA) is 30.5 Å². The number of halogens is 1. The molecule has 0 aliphatic carbocycles. The zero-order valence-electron chi connectivity index (χ0n) is 12.6. The van der Waals surface area contributed by atoms with Gasteiger partial charge in [-0.3, -0.25) is 0 Å². The van der Waals surface area contributed by atoms with Crippen molar-refractivity contribution in [3.8, 4) is 0 Å². The highest BCUT2D eigenvalue weighted by molar-refractivity contribution is 14.1. The van der Waals surface area contributed by atoms with Crippen molar-refractivity contribution in [2.75, 3.05) is 26.9 Å². The Balaban J connectivity index is 1.79. The first-order chi connectivity index (χ1) is 10.2. The minimum atomic E-state index is 0.0660. The monoisotopic (exact) mass is 401 g/mol. The summed E-state index contributed by atoms with van der Waals surface area (Å²) in [5.41, 5.74) is 1.49. The van der Waals surface area contributed by atoms with Gasteiger partial charge in [0, 0.05) is 29.4 Å². The number of ether oxygens (including phenoxy) is 2. The van der Waals surface area contributed by atoms with E-state index in [1.165, 1.54) is 9.13 Å². The molecule has 0 amide bonds. The smallest absolute Gasteiger partial charge is 0.0729 e. The lowest BCUT2D eigenvalue weighted by Gasteiger charge is -2.45. The van der Waals surface area contributed by atoms with Gasteiger partial charge in [0.2, 0.25) is 0 Å². The van der Waals surface area contributed by atoms with E-state index in [9.17, 15) is 0 Å². The van der Waals surface area contributed by atoms with Crippen molar-refractivity contribution < 1.29 is 9.47 Å². The molecule has 0 radical (unpaired) electrons. The van der Waals surface area contributed by atoms with Crippen molar-refractivity contribution in [2.45, 2.75) is 37.3 Å². The molecule has 2 heterocycles. The van der Waals surface area contributed by atoms with Crippen molar-refractivity contribution in [1.29, 1.82) is 0 Å². The molecule has 1 aromatic rings. The molecule has 3 rings (SSSR count). The van der Waals surface area contributed by atoms with Crippen molar-refractivity contribution in [3.05, 3.63) is 33.4 Å². The molecule has 2 atom stereocenters. The Morgan fingerprint density at radius 2 is 2.00 bits per heavy atom. The Bertz CT molecular complexity index is 468. The molecule has 1 aromatic carbocycles. The molecule has 21 heavy (non-hydrogen) atoms. The largest absolute Gasteiger partial charge is 0.381 e. The first kappa shape index (κ1) is 15.7. The molecule has 2 fully saturated rings. The summed E-state index contributed by atoms with van der Waals surface area (Å²) in [6.07, 6.45) is 4.38. The van der Waals surface area contributed by atoms with Crippen LogP contribution in [0.3, 0.4) is 0 Å². The van der Waals surface area contributed by atoms with Gasteiger partial charge in [-0.1, -0.05) is 18.2 Å². The van der Waals surface area contributed by atoms with E-state index in [0.29, 0.717) is 12.0 Å². The van der Waals surface area contributed by atoms with Crippen molar-refractivity contribution >= 4 is 22.6 Å². The number of nitrogens with one attached hydrogen (secondary N) is 1. The molecule has 3 nitrogen and oxygen atoms in total. The fourth-order valence-corrected chi connectivity index (χ4v) is 4.54. The zero-order valence-corrected chi connectivity index (χ0v) is 14.8. The quantitative estimate of drug-likeness (QED) is 0.787. The third-order valence-electron chi connectivity index (χ3n) is 4.96. The van der Waals surface area contributed by atoms with Crippen LogP contribution in [0.2, 0.25) is 0 Å². The Morgan fingerprint density at radius 3 is 2.71 bits per heavy atom. The van der Waals surface area contributed by atoms with E-state index in [1.54, 1.807) is 0 Å². The van der Waals surface area contributed by atoms with Gasteiger partial charge in [0.1, 0.15) is 0 Å². The second kappa shape index (κ2) is 6.94. The van der Waals surface area contributed by atoms with Crippen LogP contribution in [0.1, 0.15) is 37.3 Å². The summed E-state index contributed by atoms with van der Waals surface area (Å²) < 4.78 is 13.1. The van der Waals surface area contributed by atoms with E-state index in [0.717, 1.165) is 45.5 Å². The van der Waals surface area contributed by atoms with Gasteiger partial charge >= 0.3 is 0 Å². The lowest BCUT2D eigenvalue weighted by atomic mass is 9.76. The minimum Gasteiger partial charge on any atom is -0.381 e. The third-order valence-corrected chi connectivity index (χ3v) is 5.94. The van der Waals surface area contributed by atoms with Gasteiger partial charge in [-0.2, -0.15) is 0 Å². The highest BCUT2D eigenvalue weighted by Crippen LogP contribution is 2.42. The molecule has 1 N–H and O–H groups in total. The molecule has 0 saturated carbocycles. The predicted molar refractivity (Wildman–Crippen MR) is 92.4 cm³/mol. The molecule has 2 aliphatic heterocycles. The Labute approximate surface area is 140 Å². The number of hydrogen-bond donors (Lipinski definition) is 1. The maximum Gasteiger partial charge on any atom is 0.0729 e. The average Bonchev–Trinajstić information content (AvgIpc) is 2.51. The van der Waals surface area contributed by atoms with Crippen LogP contribution in [-0.2, 0) is 9.47 Å². The average molecular weight is 401 g/mol. The fourth-order valence-electron chi connectivity index (χ4n) is 3.81. The Kier molecular flexibility index (Phi) is 5.19. The van der Waals surface area contributed by atoms with Gasteiger partial charge in [-0.05, 0) is 72.9 Å². The van der Waals surface area contributed by atoms with Gasteiger partial charge in [0.15, 0.2) is 0 Å². The summed E-state index contributed by atoms with van der Waals surface area (Å²) in [5, 5.41) is 3.56. The maximum atomic E-state index is 6.19. The molecule has 116 valence electrons. The van der Waals surface area contributed by atoms with Crippen molar-refractivity contribution in [3.63, 3.8) is 0 Å². The molecule has 0 aromatic heterocycles. The zero-order chi connectivity index (χ0) is 14.7. The van der Waals surface area contributed by atoms with Crippen molar-refractivity contribution in [2.24, 2.45) is 5.92 Å². The van der Waals surface area contributed by atoms with E-state index in [4.69, 9.17) is 9.47 Å². The second-order valence-electron chi connectivity index (χ2n) is 6.18. The molecule has 0 bridgehead atoms. The number of benzene rings is 1. The normalized spacial score (nSPS) is 26.7. The van der Waals surface area contributed by atoms with E-state index >= 15 is 0 Å². The van der Waals surface area contributed by atoms with E-state index in [1.807, 2.05) is 0 Å². The summed E-state index contributed by atoms with van der Waals surface area (Å²) in [5.74, 6) is 0.637. The molecule has 4 heteroatoms. The van der Waals surface area contributed by atoms with E-state index in [2.05, 4.69) is 59.2 Å². The first-order valence-electron chi connectivity index (χ1n) is 7.87. The molecular formula is C17H24INO2. The molecule has 1 spiro atoms. The molecule has 2 saturated heterocycles. The van der Waals surface area contributed by atoms with Crippen LogP contribution in [0.4, 0.5) is 0 Å². The van der Waals surface area contributed by atoms with E-state index in [-0.39, 0.29) is 5.60 Å². The van der Waals surface area contributed by atoms with Crippen LogP contribution in [-0.4, -0.2) is 32.5 Å². The van der Waals surface area contributed by atoms with Gasteiger partial charge in [0.25, 0.3) is 0 Å². The van der Waals surface area contributed by atoms with Crippen LogP contribution >= 0.6 is 22.6 Å². The lowest BCUT2D eigenvalue weighted by molar-refractivity contribution is -0.150. The maximum absolute atomic E-state index is 6.19. The molecule has 2 unspecified atom stereocenters. The highest BCUT2D eigenvalue weighted by Gasteiger charge is 2.41. The van der Waals surface area contributed by atoms with Crippen LogP contribution in [0.15, 0.2) is 24.3 Å². The van der Waals surface area contributed by atoms with Crippen molar-refractivity contribution in [1.82, 2.24) is 5.32 Å². The molecular weight excluding hydrogens is 377 g/mol. The molecule has 2 aliphatic rings. The second-order valence-corrected chi connectivity index (χ2v) is 7.35. The Morgan fingerprint density at radius 1 is 1.24 bits per heavy atom. The summed E-state index contributed by atoms with van der Waals surface area (Å²) in [7, 11) is 2.08. The van der Waals surface area contributed by atoms with Crippen LogP contribution in [0, 0.1) is 9.49 Å². The van der Waals surface area contributed by atoms with Gasteiger partial charge < -0.3 is 14.8 Å². The van der Waals surface area contributed by atoms with Gasteiger partial charge in [0.05, 0.1) is 5.60 Å². The van der Waals surface area contributed by atoms with Gasteiger partial charge in [-0.25, -0.2) is 0 Å². The summed E-state index contributed by atoms with van der Waals surface area (Å²) in [6.45, 7) is 2.58. The predicted octanol–water partition coefficient (Wildman–Crippen LogP) is 3.53. The summed E-state index contributed by atoms with van der Waals surface area (Å²) >= 11 is 2.45. The fraction of sp³-hybridized carbons (Fsp3) is 0.647. The van der Waals surface area contributed by atoms with Crippen LogP contribution in [0.5, 0.6) is 0 Å². The summed E-state index contributed by atoms with van der Waals surface area (Å²) in [6, 6.07) is 9.13. The van der Waals surface area contributed by atoms with Crippen LogP contribution < -0.4 is 5.32 Å². The van der Waals surface area contributed by atoms with Gasteiger partial charge in [-0.15, -0.1) is 0 Å². The minimum absolute atomic E-state index is 0.0660. The highest BCUT2D eigenvalue weighted by atomic mass is 127. The van der Waals surface area contributed by atoms with E-state index < -0.39 is 0 Å². The first-order valence-corrected chi connectivity index (χ1v) is 8.95. The van der Waals surface area contributed by atoms with Crippen LogP contribution in [0.25, 0.3) is 0 Å². The summed E-state index contributed by atoms with van der Waals surface area (Å²) in [4.78, 5) is 0. The number of rotatable bonds is 3. The SMILES string of the molecule is CNC(c1ccccc1I)C1CCOC2(CCOCC2)C1. The Hall–Kier alpha value is -0.170. The number of hydrogen-bond acceptors (Lipinski definition) is 3.